The first-order valence-electron chi connectivity index (χ1n) is 4.32. The van der Waals surface area contributed by atoms with Crippen molar-refractivity contribution >= 4 is 11.4 Å². The number of halogens is 2. The number of benzene rings is 1. The lowest BCUT2D eigenvalue weighted by molar-refractivity contribution is 0.105. The fourth-order valence-electron chi connectivity index (χ4n) is 1.02. The van der Waals surface area contributed by atoms with E-state index in [2.05, 4.69) is 5.32 Å². The molecular weight excluding hydrogens is 206 g/mol. The normalized spacial score (nSPS) is 12.5. The van der Waals surface area contributed by atoms with Crippen molar-refractivity contribution in [3.63, 3.8) is 0 Å². The molecule has 0 radical (unpaired) electrons. The van der Waals surface area contributed by atoms with Gasteiger partial charge in [0.05, 0.1) is 24.1 Å². The fourth-order valence-corrected chi connectivity index (χ4v) is 1.02. The second-order valence-electron chi connectivity index (χ2n) is 3.07. The van der Waals surface area contributed by atoms with Crippen LogP contribution < -0.4 is 11.1 Å². The van der Waals surface area contributed by atoms with Crippen LogP contribution in [0, 0.1) is 11.6 Å². The van der Waals surface area contributed by atoms with Crippen LogP contribution in [0.1, 0.15) is 0 Å². The molecule has 4 nitrogen and oxygen atoms in total. The summed E-state index contributed by atoms with van der Waals surface area (Å²) in [5.74, 6) is -1.63. The minimum Gasteiger partial charge on any atom is -0.395 e. The van der Waals surface area contributed by atoms with Gasteiger partial charge in [0.25, 0.3) is 0 Å². The number of nitrogens with two attached hydrogens (primary N) is 1. The van der Waals surface area contributed by atoms with Crippen molar-refractivity contribution in [2.24, 2.45) is 0 Å². The first-order chi connectivity index (χ1) is 7.04. The zero-order valence-corrected chi connectivity index (χ0v) is 7.87. The van der Waals surface area contributed by atoms with Crippen molar-refractivity contribution < 1.29 is 19.0 Å². The Morgan fingerprint density at radius 2 is 2.07 bits per heavy atom. The van der Waals surface area contributed by atoms with Gasteiger partial charge in [-0.3, -0.25) is 0 Å². The number of aliphatic hydroxyl groups excluding tert-OH is 2. The van der Waals surface area contributed by atoms with Gasteiger partial charge in [0.2, 0.25) is 0 Å². The van der Waals surface area contributed by atoms with Gasteiger partial charge in [0, 0.05) is 12.6 Å². The highest BCUT2D eigenvalue weighted by molar-refractivity contribution is 5.66. The first kappa shape index (κ1) is 11.7. The molecule has 0 fully saturated rings. The maximum atomic E-state index is 12.9. The minimum absolute atomic E-state index is 0.0381. The van der Waals surface area contributed by atoms with Crippen LogP contribution in [0.25, 0.3) is 0 Å². The lowest BCUT2D eigenvalue weighted by atomic mass is 10.2. The van der Waals surface area contributed by atoms with Crippen LogP contribution in [0.15, 0.2) is 12.1 Å². The van der Waals surface area contributed by atoms with E-state index >= 15 is 0 Å². The molecule has 15 heavy (non-hydrogen) atoms. The summed E-state index contributed by atoms with van der Waals surface area (Å²) in [5, 5.41) is 20.1. The molecule has 0 aliphatic heterocycles. The Morgan fingerprint density at radius 1 is 1.40 bits per heavy atom. The van der Waals surface area contributed by atoms with Crippen LogP contribution in [0.3, 0.4) is 0 Å². The van der Waals surface area contributed by atoms with Crippen LogP contribution >= 0.6 is 0 Å². The van der Waals surface area contributed by atoms with Crippen molar-refractivity contribution in [1.29, 1.82) is 0 Å². The summed E-state index contributed by atoms with van der Waals surface area (Å²) in [7, 11) is 0. The van der Waals surface area contributed by atoms with Crippen molar-refractivity contribution in [1.82, 2.24) is 0 Å². The Hall–Kier alpha value is -1.40. The first-order valence-corrected chi connectivity index (χ1v) is 4.32. The van der Waals surface area contributed by atoms with Gasteiger partial charge in [-0.1, -0.05) is 0 Å². The Morgan fingerprint density at radius 3 is 2.67 bits per heavy atom. The van der Waals surface area contributed by atoms with Gasteiger partial charge >= 0.3 is 0 Å². The maximum absolute atomic E-state index is 12.9. The van der Waals surface area contributed by atoms with E-state index < -0.39 is 24.3 Å². The van der Waals surface area contributed by atoms with Crippen LogP contribution in [0.5, 0.6) is 0 Å². The largest absolute Gasteiger partial charge is 0.395 e. The van der Waals surface area contributed by atoms with Gasteiger partial charge < -0.3 is 21.3 Å². The summed E-state index contributed by atoms with van der Waals surface area (Å²) < 4.78 is 25.7. The lowest BCUT2D eigenvalue weighted by Gasteiger charge is -2.12. The molecule has 0 bridgehead atoms. The predicted molar refractivity (Wildman–Crippen MR) is 52.4 cm³/mol. The summed E-state index contributed by atoms with van der Waals surface area (Å²) >= 11 is 0. The number of aliphatic hydroxyl groups is 2. The van der Waals surface area contributed by atoms with Crippen molar-refractivity contribution in [2.45, 2.75) is 6.10 Å². The SMILES string of the molecule is Nc1c(F)cc(F)cc1NCC(O)CO. The van der Waals surface area contributed by atoms with Crippen LogP contribution in [-0.4, -0.2) is 29.5 Å². The molecule has 84 valence electrons. The van der Waals surface area contributed by atoms with E-state index in [1.165, 1.54) is 0 Å². The smallest absolute Gasteiger partial charge is 0.151 e. The quantitative estimate of drug-likeness (QED) is 0.548. The van der Waals surface area contributed by atoms with Crippen molar-refractivity contribution in [3.8, 4) is 0 Å². The van der Waals surface area contributed by atoms with Crippen molar-refractivity contribution in [3.05, 3.63) is 23.8 Å². The van der Waals surface area contributed by atoms with Gasteiger partial charge in [0.15, 0.2) is 5.82 Å². The van der Waals surface area contributed by atoms with Crippen molar-refractivity contribution in [2.75, 3.05) is 24.2 Å². The van der Waals surface area contributed by atoms with Gasteiger partial charge in [-0.2, -0.15) is 0 Å². The minimum atomic E-state index is -1.00. The number of nitrogen functional groups attached to an aromatic ring is 1. The Balaban J connectivity index is 2.76. The monoisotopic (exact) mass is 218 g/mol. The average Bonchev–Trinajstić information content (AvgIpc) is 2.20. The third-order valence-electron chi connectivity index (χ3n) is 1.83. The lowest BCUT2D eigenvalue weighted by Crippen LogP contribution is -2.23. The number of nitrogens with one attached hydrogen (secondary N) is 1. The van der Waals surface area contributed by atoms with E-state index in [1.807, 2.05) is 0 Å². The molecule has 0 heterocycles. The Kier molecular flexibility index (Phi) is 3.81. The molecule has 1 aromatic carbocycles. The molecule has 6 heteroatoms. The molecule has 1 aromatic rings. The summed E-state index contributed by atoms with van der Waals surface area (Å²) in [6, 6.07) is 1.69. The van der Waals surface area contributed by atoms with E-state index in [9.17, 15) is 8.78 Å². The van der Waals surface area contributed by atoms with Crippen LogP contribution in [0.2, 0.25) is 0 Å². The maximum Gasteiger partial charge on any atom is 0.151 e. The van der Waals surface area contributed by atoms with Crippen LogP contribution in [0.4, 0.5) is 20.2 Å². The number of anilines is 2. The second kappa shape index (κ2) is 4.90. The van der Waals surface area contributed by atoms with E-state index in [4.69, 9.17) is 15.9 Å². The third kappa shape index (κ3) is 3.03. The zero-order valence-electron chi connectivity index (χ0n) is 7.87. The molecule has 1 unspecified atom stereocenters. The molecule has 0 aromatic heterocycles. The summed E-state index contributed by atoms with van der Waals surface area (Å²) in [6.45, 7) is -0.478. The molecule has 0 saturated carbocycles. The predicted octanol–water partition coefficient (Wildman–Crippen LogP) is 0.312. The van der Waals surface area contributed by atoms with Gasteiger partial charge in [-0.05, 0) is 6.07 Å². The van der Waals surface area contributed by atoms with Crippen LogP contribution in [-0.2, 0) is 0 Å². The standard InChI is InChI=1S/C9H12F2N2O2/c10-5-1-7(11)9(12)8(2-5)13-3-6(15)4-14/h1-2,6,13-15H,3-4,12H2. The molecule has 5 N–H and O–H groups in total. The third-order valence-corrected chi connectivity index (χ3v) is 1.83. The average molecular weight is 218 g/mol. The summed E-state index contributed by atoms with van der Waals surface area (Å²) in [4.78, 5) is 0. The topological polar surface area (TPSA) is 78.5 Å². The molecule has 0 aliphatic carbocycles. The number of rotatable bonds is 4. The van der Waals surface area contributed by atoms with E-state index in [0.29, 0.717) is 6.07 Å². The molecule has 0 aliphatic rings. The summed E-state index contributed by atoms with van der Waals surface area (Å²) in [6.07, 6.45) is -1.00. The number of hydrogen-bond acceptors (Lipinski definition) is 4. The highest BCUT2D eigenvalue weighted by atomic mass is 19.1. The molecular formula is C9H12F2N2O2. The molecule has 0 saturated heterocycles. The molecule has 1 atom stereocenters. The highest BCUT2D eigenvalue weighted by Crippen LogP contribution is 2.23. The van der Waals surface area contributed by atoms with E-state index in [0.717, 1.165) is 6.07 Å². The number of hydrogen-bond donors (Lipinski definition) is 4. The fraction of sp³-hybridized carbons (Fsp3) is 0.333. The van der Waals surface area contributed by atoms with E-state index in [1.54, 1.807) is 0 Å². The molecule has 1 rings (SSSR count). The Labute approximate surface area is 85.3 Å². The second-order valence-corrected chi connectivity index (χ2v) is 3.07. The zero-order chi connectivity index (χ0) is 11.4. The van der Waals surface area contributed by atoms with Gasteiger partial charge in [0.1, 0.15) is 5.82 Å². The Bertz CT molecular complexity index is 347. The van der Waals surface area contributed by atoms with E-state index in [-0.39, 0.29) is 17.9 Å². The highest BCUT2D eigenvalue weighted by Gasteiger charge is 2.09. The molecule has 0 amide bonds. The summed E-state index contributed by atoms with van der Waals surface area (Å²) in [5.41, 5.74) is 5.17. The van der Waals surface area contributed by atoms with Gasteiger partial charge in [-0.25, -0.2) is 8.78 Å². The molecule has 0 spiro atoms. The van der Waals surface area contributed by atoms with Gasteiger partial charge in [-0.15, -0.1) is 0 Å².